The first-order valence-corrected chi connectivity index (χ1v) is 6.60. The summed E-state index contributed by atoms with van der Waals surface area (Å²) in [6.07, 6.45) is 6.06. The summed E-state index contributed by atoms with van der Waals surface area (Å²) in [6, 6.07) is 4.87. The van der Waals surface area contributed by atoms with Gasteiger partial charge in [0.1, 0.15) is 5.82 Å². The van der Waals surface area contributed by atoms with Crippen LogP contribution in [0.4, 0.5) is 4.39 Å². The van der Waals surface area contributed by atoms with E-state index in [0.29, 0.717) is 22.5 Å². The van der Waals surface area contributed by atoms with Gasteiger partial charge in [-0.15, -0.1) is 0 Å². The van der Waals surface area contributed by atoms with Crippen molar-refractivity contribution in [1.82, 2.24) is 15.3 Å². The van der Waals surface area contributed by atoms with Crippen LogP contribution in [0.2, 0.25) is 5.02 Å². The summed E-state index contributed by atoms with van der Waals surface area (Å²) in [6.45, 7) is 0.780. The Kier molecular flexibility index (Phi) is 3.44. The molecule has 0 spiro atoms. The number of nitrogens with one attached hydrogen (secondary N) is 1. The fourth-order valence-corrected chi connectivity index (χ4v) is 2.06. The van der Waals surface area contributed by atoms with Gasteiger partial charge in [0.05, 0.1) is 5.02 Å². The van der Waals surface area contributed by atoms with Gasteiger partial charge in [-0.2, -0.15) is 0 Å². The monoisotopic (exact) mass is 277 g/mol. The molecule has 0 aliphatic heterocycles. The lowest BCUT2D eigenvalue weighted by Crippen LogP contribution is -2.15. The predicted molar refractivity (Wildman–Crippen MR) is 72.3 cm³/mol. The molecule has 98 valence electrons. The van der Waals surface area contributed by atoms with Crippen molar-refractivity contribution in [2.45, 2.75) is 25.4 Å². The third-order valence-electron chi connectivity index (χ3n) is 3.05. The fourth-order valence-electron chi connectivity index (χ4n) is 1.81. The normalized spacial score (nSPS) is 14.6. The maximum atomic E-state index is 13.0. The summed E-state index contributed by atoms with van der Waals surface area (Å²) in [5.74, 6) is 0.152. The van der Waals surface area contributed by atoms with Gasteiger partial charge in [0, 0.05) is 36.1 Å². The van der Waals surface area contributed by atoms with Crippen LogP contribution in [-0.2, 0) is 6.54 Å². The van der Waals surface area contributed by atoms with Crippen LogP contribution in [0.3, 0.4) is 0 Å². The summed E-state index contributed by atoms with van der Waals surface area (Å²) < 4.78 is 13.0. The van der Waals surface area contributed by atoms with E-state index >= 15 is 0 Å². The summed E-state index contributed by atoms with van der Waals surface area (Å²) >= 11 is 5.98. The molecule has 0 bridgehead atoms. The van der Waals surface area contributed by atoms with Crippen molar-refractivity contribution >= 4 is 11.6 Å². The maximum absolute atomic E-state index is 13.0. The Balaban J connectivity index is 1.76. The molecular formula is C14H13ClFN3. The van der Waals surface area contributed by atoms with Crippen LogP contribution in [0.15, 0.2) is 30.6 Å². The summed E-state index contributed by atoms with van der Waals surface area (Å²) in [7, 11) is 0. The van der Waals surface area contributed by atoms with Gasteiger partial charge in [0.15, 0.2) is 5.82 Å². The molecule has 19 heavy (non-hydrogen) atoms. The molecular weight excluding hydrogens is 265 g/mol. The second-order valence-electron chi connectivity index (χ2n) is 4.69. The number of hydrogen-bond acceptors (Lipinski definition) is 3. The molecule has 1 aromatic heterocycles. The quantitative estimate of drug-likeness (QED) is 0.933. The zero-order chi connectivity index (χ0) is 13.2. The van der Waals surface area contributed by atoms with Crippen LogP contribution in [-0.4, -0.2) is 16.0 Å². The number of benzene rings is 1. The van der Waals surface area contributed by atoms with E-state index in [-0.39, 0.29) is 5.82 Å². The second-order valence-corrected chi connectivity index (χ2v) is 5.10. The predicted octanol–water partition coefficient (Wildman–Crippen LogP) is 3.19. The van der Waals surface area contributed by atoms with Gasteiger partial charge in [-0.05, 0) is 31.0 Å². The van der Waals surface area contributed by atoms with Crippen molar-refractivity contribution in [3.63, 3.8) is 0 Å². The van der Waals surface area contributed by atoms with E-state index in [2.05, 4.69) is 15.3 Å². The zero-order valence-corrected chi connectivity index (χ0v) is 11.0. The molecule has 0 atom stereocenters. The molecule has 3 rings (SSSR count). The van der Waals surface area contributed by atoms with Crippen LogP contribution in [0.1, 0.15) is 18.4 Å². The van der Waals surface area contributed by atoms with Crippen LogP contribution in [0.25, 0.3) is 11.4 Å². The Morgan fingerprint density at radius 1 is 1.26 bits per heavy atom. The van der Waals surface area contributed by atoms with Crippen LogP contribution >= 0.6 is 11.6 Å². The zero-order valence-electron chi connectivity index (χ0n) is 10.2. The number of rotatable bonds is 4. The third-order valence-corrected chi connectivity index (χ3v) is 3.36. The Hall–Kier alpha value is -1.52. The molecule has 0 radical (unpaired) electrons. The second kappa shape index (κ2) is 5.23. The highest BCUT2D eigenvalue weighted by molar-refractivity contribution is 6.33. The van der Waals surface area contributed by atoms with Crippen molar-refractivity contribution in [3.8, 4) is 11.4 Å². The number of aromatic nitrogens is 2. The van der Waals surface area contributed by atoms with Crippen molar-refractivity contribution in [2.75, 3.05) is 0 Å². The minimum atomic E-state index is -0.362. The summed E-state index contributed by atoms with van der Waals surface area (Å²) in [5.41, 5.74) is 1.68. The van der Waals surface area contributed by atoms with Gasteiger partial charge in [0.2, 0.25) is 0 Å². The number of hydrogen-bond donors (Lipinski definition) is 1. The van der Waals surface area contributed by atoms with Gasteiger partial charge < -0.3 is 5.32 Å². The van der Waals surface area contributed by atoms with Crippen molar-refractivity contribution in [1.29, 1.82) is 0 Å². The molecule has 1 aliphatic rings. The Bertz CT molecular complexity index is 582. The number of halogens is 2. The van der Waals surface area contributed by atoms with Gasteiger partial charge in [-0.25, -0.2) is 14.4 Å². The third kappa shape index (κ3) is 3.08. The molecule has 5 heteroatoms. The lowest BCUT2D eigenvalue weighted by atomic mass is 10.2. The molecule has 3 nitrogen and oxygen atoms in total. The SMILES string of the molecule is Fc1ccc(-c2ncc(CNC3CC3)cn2)c(Cl)c1. The van der Waals surface area contributed by atoms with Crippen LogP contribution in [0, 0.1) is 5.82 Å². The van der Waals surface area contributed by atoms with E-state index in [0.717, 1.165) is 12.1 Å². The molecule has 1 fully saturated rings. The standard InChI is InChI=1S/C14H13ClFN3/c15-13-5-10(16)1-4-12(13)14-18-7-9(8-19-14)6-17-11-2-3-11/h1,4-5,7-8,11,17H,2-3,6H2. The van der Waals surface area contributed by atoms with E-state index in [1.54, 1.807) is 18.5 Å². The van der Waals surface area contributed by atoms with Gasteiger partial charge >= 0.3 is 0 Å². The molecule has 1 aromatic carbocycles. The largest absolute Gasteiger partial charge is 0.310 e. The molecule has 1 heterocycles. The minimum absolute atomic E-state index is 0.323. The van der Waals surface area contributed by atoms with E-state index in [9.17, 15) is 4.39 Å². The highest BCUT2D eigenvalue weighted by Gasteiger charge is 2.20. The average molecular weight is 278 g/mol. The van der Waals surface area contributed by atoms with E-state index in [1.807, 2.05) is 0 Å². The lowest BCUT2D eigenvalue weighted by Gasteiger charge is -2.05. The first-order chi connectivity index (χ1) is 9.22. The Labute approximate surface area is 115 Å². The fraction of sp³-hybridized carbons (Fsp3) is 0.286. The summed E-state index contributed by atoms with van der Waals surface area (Å²) in [4.78, 5) is 8.56. The molecule has 1 saturated carbocycles. The first-order valence-electron chi connectivity index (χ1n) is 6.22. The van der Waals surface area contributed by atoms with Gasteiger partial charge in [0.25, 0.3) is 0 Å². The minimum Gasteiger partial charge on any atom is -0.310 e. The van der Waals surface area contributed by atoms with Crippen molar-refractivity contribution in [2.24, 2.45) is 0 Å². The van der Waals surface area contributed by atoms with E-state index in [4.69, 9.17) is 11.6 Å². The topological polar surface area (TPSA) is 37.8 Å². The average Bonchev–Trinajstić information content (AvgIpc) is 3.21. The molecule has 1 aliphatic carbocycles. The molecule has 0 unspecified atom stereocenters. The van der Waals surface area contributed by atoms with Crippen LogP contribution < -0.4 is 5.32 Å². The van der Waals surface area contributed by atoms with Crippen LogP contribution in [0.5, 0.6) is 0 Å². The number of nitrogens with zero attached hydrogens (tertiary/aromatic N) is 2. The summed E-state index contributed by atoms with van der Waals surface area (Å²) in [5, 5.41) is 3.72. The molecule has 0 amide bonds. The van der Waals surface area contributed by atoms with Crippen molar-refractivity contribution < 1.29 is 4.39 Å². The highest BCUT2D eigenvalue weighted by atomic mass is 35.5. The Morgan fingerprint density at radius 2 is 2.00 bits per heavy atom. The van der Waals surface area contributed by atoms with E-state index < -0.39 is 0 Å². The highest BCUT2D eigenvalue weighted by Crippen LogP contribution is 2.25. The molecule has 0 saturated heterocycles. The Morgan fingerprint density at radius 3 is 2.63 bits per heavy atom. The van der Waals surface area contributed by atoms with Gasteiger partial charge in [-0.1, -0.05) is 11.6 Å². The molecule has 1 N–H and O–H groups in total. The van der Waals surface area contributed by atoms with E-state index in [1.165, 1.54) is 25.0 Å². The van der Waals surface area contributed by atoms with Crippen molar-refractivity contribution in [3.05, 3.63) is 47.0 Å². The first kappa shape index (κ1) is 12.5. The molecule has 2 aromatic rings. The lowest BCUT2D eigenvalue weighted by molar-refractivity contribution is 0.628. The van der Waals surface area contributed by atoms with Gasteiger partial charge in [-0.3, -0.25) is 0 Å². The maximum Gasteiger partial charge on any atom is 0.160 e. The smallest absolute Gasteiger partial charge is 0.160 e.